The molecule has 0 aliphatic rings. The van der Waals surface area contributed by atoms with Gasteiger partial charge in [-0.2, -0.15) is 0 Å². The van der Waals surface area contributed by atoms with Gasteiger partial charge in [0.15, 0.2) is 0 Å². The highest BCUT2D eigenvalue weighted by molar-refractivity contribution is 5.64. The lowest BCUT2D eigenvalue weighted by atomic mass is 9.83. The van der Waals surface area contributed by atoms with Crippen molar-refractivity contribution < 1.29 is 0 Å². The van der Waals surface area contributed by atoms with E-state index in [1.165, 1.54) is 5.56 Å². The van der Waals surface area contributed by atoms with Crippen molar-refractivity contribution in [3.05, 3.63) is 84.3 Å². The Morgan fingerprint density at radius 2 is 1.45 bits per heavy atom. The fourth-order valence-electron chi connectivity index (χ4n) is 2.93. The minimum absolute atomic E-state index is 0.241. The zero-order valence-corrected chi connectivity index (χ0v) is 13.0. The molecule has 0 radical (unpaired) electrons. The summed E-state index contributed by atoms with van der Waals surface area (Å²) in [6.45, 7) is 4.47. The van der Waals surface area contributed by atoms with E-state index in [2.05, 4.69) is 66.3 Å². The Balaban J connectivity index is 2.14. The van der Waals surface area contributed by atoms with E-state index >= 15 is 0 Å². The minimum atomic E-state index is 0.241. The van der Waals surface area contributed by atoms with E-state index in [1.54, 1.807) is 0 Å². The summed E-state index contributed by atoms with van der Waals surface area (Å²) in [4.78, 5) is 9.23. The molecule has 2 nitrogen and oxygen atoms in total. The third-order valence-corrected chi connectivity index (χ3v) is 3.89. The van der Waals surface area contributed by atoms with Gasteiger partial charge in [0.25, 0.3) is 0 Å². The summed E-state index contributed by atoms with van der Waals surface area (Å²) < 4.78 is 0. The van der Waals surface area contributed by atoms with Crippen molar-refractivity contribution >= 4 is 0 Å². The minimum Gasteiger partial charge on any atom is -0.261 e. The van der Waals surface area contributed by atoms with Crippen LogP contribution in [0.4, 0.5) is 0 Å². The zero-order chi connectivity index (χ0) is 15.4. The average Bonchev–Trinajstić information content (AvgIpc) is 2.57. The molecule has 110 valence electrons. The van der Waals surface area contributed by atoms with Gasteiger partial charge in [-0.25, -0.2) is 0 Å². The maximum Gasteiger partial charge on any atom is 0.0740 e. The van der Waals surface area contributed by atoms with Gasteiger partial charge in [0.1, 0.15) is 0 Å². The van der Waals surface area contributed by atoms with Crippen molar-refractivity contribution in [3.8, 4) is 11.3 Å². The predicted molar refractivity (Wildman–Crippen MR) is 90.6 cm³/mol. The van der Waals surface area contributed by atoms with Gasteiger partial charge in [0, 0.05) is 29.6 Å². The normalized spacial score (nSPS) is 12.3. The molecule has 2 heteroatoms. The number of hydrogen-bond acceptors (Lipinski definition) is 2. The summed E-state index contributed by atoms with van der Waals surface area (Å²) in [6.07, 6.45) is 3.73. The molecule has 0 aliphatic carbocycles. The number of aromatic nitrogens is 2. The van der Waals surface area contributed by atoms with Crippen LogP contribution in [-0.2, 0) is 0 Å². The molecule has 0 N–H and O–H groups in total. The van der Waals surface area contributed by atoms with Gasteiger partial charge in [-0.3, -0.25) is 9.97 Å². The quantitative estimate of drug-likeness (QED) is 0.680. The van der Waals surface area contributed by atoms with Gasteiger partial charge in [0.05, 0.1) is 5.69 Å². The molecule has 1 unspecified atom stereocenters. The molecule has 1 atom stereocenters. The van der Waals surface area contributed by atoms with Crippen LogP contribution in [0.5, 0.6) is 0 Å². The first kappa shape index (κ1) is 14.5. The highest BCUT2D eigenvalue weighted by Gasteiger charge is 2.23. The number of nitrogens with zero attached hydrogens (tertiary/aromatic N) is 2. The second-order valence-corrected chi connectivity index (χ2v) is 5.78. The van der Waals surface area contributed by atoms with Gasteiger partial charge in [-0.05, 0) is 29.7 Å². The highest BCUT2D eigenvalue weighted by atomic mass is 14.7. The molecule has 0 spiro atoms. The van der Waals surface area contributed by atoms with E-state index < -0.39 is 0 Å². The molecular weight excluding hydrogens is 268 g/mol. The van der Waals surface area contributed by atoms with Crippen molar-refractivity contribution in [1.29, 1.82) is 0 Å². The molecule has 0 bridgehead atoms. The van der Waals surface area contributed by atoms with E-state index in [1.807, 2.05) is 30.6 Å². The first-order valence-corrected chi connectivity index (χ1v) is 7.68. The summed E-state index contributed by atoms with van der Waals surface area (Å²) in [7, 11) is 0. The summed E-state index contributed by atoms with van der Waals surface area (Å²) in [5.74, 6) is 0.687. The predicted octanol–water partition coefficient (Wildman–Crippen LogP) is 4.93. The summed E-state index contributed by atoms with van der Waals surface area (Å²) in [5, 5.41) is 0. The third kappa shape index (κ3) is 2.91. The second kappa shape index (κ2) is 6.52. The first-order valence-electron chi connectivity index (χ1n) is 7.68. The van der Waals surface area contributed by atoms with E-state index in [-0.39, 0.29) is 5.92 Å². The molecule has 0 amide bonds. The zero-order valence-electron chi connectivity index (χ0n) is 13.0. The monoisotopic (exact) mass is 288 g/mol. The molecule has 0 saturated carbocycles. The highest BCUT2D eigenvalue weighted by Crippen LogP contribution is 2.35. The average molecular weight is 288 g/mol. The van der Waals surface area contributed by atoms with Crippen molar-refractivity contribution in [2.45, 2.75) is 19.8 Å². The Kier molecular flexibility index (Phi) is 4.29. The van der Waals surface area contributed by atoms with Gasteiger partial charge in [-0.1, -0.05) is 56.3 Å². The summed E-state index contributed by atoms with van der Waals surface area (Å²) >= 11 is 0. The molecule has 0 fully saturated rings. The van der Waals surface area contributed by atoms with Crippen molar-refractivity contribution in [1.82, 2.24) is 9.97 Å². The summed E-state index contributed by atoms with van der Waals surface area (Å²) in [5.41, 5.74) is 4.54. The lowest BCUT2D eigenvalue weighted by Crippen LogP contribution is -2.12. The van der Waals surface area contributed by atoms with Crippen LogP contribution in [0.2, 0.25) is 0 Å². The van der Waals surface area contributed by atoms with Gasteiger partial charge in [0.2, 0.25) is 0 Å². The second-order valence-electron chi connectivity index (χ2n) is 5.78. The molecule has 2 aromatic heterocycles. The van der Waals surface area contributed by atoms with Crippen LogP contribution in [0.15, 0.2) is 73.1 Å². The SMILES string of the molecule is CC(C)C(c1ccccn1)c1cccnc1-c1ccccc1. The van der Waals surface area contributed by atoms with Crippen LogP contribution >= 0.6 is 0 Å². The Bertz CT molecular complexity index is 721. The van der Waals surface area contributed by atoms with Crippen LogP contribution in [0, 0.1) is 5.92 Å². The standard InChI is InChI=1S/C20H20N2/c1-15(2)19(18-12-6-7-13-21-18)17-11-8-14-22-20(17)16-9-4-3-5-10-16/h3-15,19H,1-2H3. The smallest absolute Gasteiger partial charge is 0.0740 e. The van der Waals surface area contributed by atoms with Gasteiger partial charge in [-0.15, -0.1) is 0 Å². The van der Waals surface area contributed by atoms with Crippen LogP contribution < -0.4 is 0 Å². The molecule has 22 heavy (non-hydrogen) atoms. The number of hydrogen-bond donors (Lipinski definition) is 0. The molecule has 2 heterocycles. The molecule has 0 aliphatic heterocycles. The van der Waals surface area contributed by atoms with E-state index in [4.69, 9.17) is 0 Å². The van der Waals surface area contributed by atoms with E-state index in [9.17, 15) is 0 Å². The first-order chi connectivity index (χ1) is 10.8. The summed E-state index contributed by atoms with van der Waals surface area (Å²) in [6, 6.07) is 20.7. The largest absolute Gasteiger partial charge is 0.261 e. The third-order valence-electron chi connectivity index (χ3n) is 3.89. The number of rotatable bonds is 4. The van der Waals surface area contributed by atoms with Crippen LogP contribution in [0.25, 0.3) is 11.3 Å². The van der Waals surface area contributed by atoms with Crippen LogP contribution in [0.1, 0.15) is 31.0 Å². The van der Waals surface area contributed by atoms with Gasteiger partial charge < -0.3 is 0 Å². The Hall–Kier alpha value is -2.48. The number of benzene rings is 1. The Morgan fingerprint density at radius 1 is 0.727 bits per heavy atom. The molecule has 1 aromatic carbocycles. The van der Waals surface area contributed by atoms with E-state index in [0.717, 1.165) is 17.0 Å². The number of pyridine rings is 2. The fourth-order valence-corrected chi connectivity index (χ4v) is 2.93. The molecule has 0 saturated heterocycles. The van der Waals surface area contributed by atoms with E-state index in [0.29, 0.717) is 5.92 Å². The Morgan fingerprint density at radius 3 is 2.14 bits per heavy atom. The van der Waals surface area contributed by atoms with Crippen molar-refractivity contribution in [2.75, 3.05) is 0 Å². The maximum absolute atomic E-state index is 4.65. The lowest BCUT2D eigenvalue weighted by molar-refractivity contribution is 0.552. The molecule has 3 rings (SSSR count). The molecule has 3 aromatic rings. The Labute approximate surface area is 131 Å². The molecular formula is C20H20N2. The van der Waals surface area contributed by atoms with Crippen molar-refractivity contribution in [3.63, 3.8) is 0 Å². The van der Waals surface area contributed by atoms with Crippen LogP contribution in [-0.4, -0.2) is 9.97 Å². The topological polar surface area (TPSA) is 25.8 Å². The lowest BCUT2D eigenvalue weighted by Gasteiger charge is -2.23. The fraction of sp³-hybridized carbons (Fsp3) is 0.200. The maximum atomic E-state index is 4.65. The van der Waals surface area contributed by atoms with Gasteiger partial charge >= 0.3 is 0 Å². The van der Waals surface area contributed by atoms with Crippen molar-refractivity contribution in [2.24, 2.45) is 5.92 Å². The van der Waals surface area contributed by atoms with Crippen LogP contribution in [0.3, 0.4) is 0 Å².